The third kappa shape index (κ3) is 1.96. The van der Waals surface area contributed by atoms with E-state index >= 15 is 0 Å². The zero-order valence-electron chi connectivity index (χ0n) is 14.2. The molecule has 0 saturated carbocycles. The molecule has 0 aromatic heterocycles. The van der Waals surface area contributed by atoms with E-state index in [0.29, 0.717) is 6.61 Å². The summed E-state index contributed by atoms with van der Waals surface area (Å²) in [5.74, 6) is -2.88. The first-order chi connectivity index (χ1) is 12.1. The molecule has 5 atom stereocenters. The average Bonchev–Trinajstić information content (AvgIpc) is 3.05. The van der Waals surface area contributed by atoms with E-state index in [1.165, 1.54) is 13.2 Å². The predicted octanol–water partition coefficient (Wildman–Crippen LogP) is 2.24. The first-order valence-electron chi connectivity index (χ1n) is 8.34. The van der Waals surface area contributed by atoms with Gasteiger partial charge < -0.3 is 14.2 Å². The molecule has 2 aliphatic carbocycles. The normalized spacial score (nSPS) is 38.5. The third-order valence-corrected chi connectivity index (χ3v) is 5.77. The van der Waals surface area contributed by atoms with Crippen molar-refractivity contribution in [3.05, 3.63) is 60.2 Å². The van der Waals surface area contributed by atoms with E-state index < -0.39 is 29.0 Å². The van der Waals surface area contributed by atoms with Gasteiger partial charge in [0.05, 0.1) is 13.7 Å². The fourth-order valence-electron chi connectivity index (χ4n) is 4.73. The van der Waals surface area contributed by atoms with Gasteiger partial charge in [-0.2, -0.15) is 0 Å². The molecule has 1 aliphatic heterocycles. The Labute approximate surface area is 146 Å². The lowest BCUT2D eigenvalue weighted by atomic mass is 9.52. The fourth-order valence-corrected chi connectivity index (χ4v) is 4.73. The van der Waals surface area contributed by atoms with E-state index in [9.17, 15) is 9.59 Å². The molecule has 1 aromatic carbocycles. The first-order valence-corrected chi connectivity index (χ1v) is 8.34. The highest BCUT2D eigenvalue weighted by Gasteiger charge is 2.70. The second-order valence-electron chi connectivity index (χ2n) is 6.71. The molecular formula is C20H20O5. The van der Waals surface area contributed by atoms with Crippen LogP contribution in [0.4, 0.5) is 0 Å². The van der Waals surface area contributed by atoms with Gasteiger partial charge in [0.1, 0.15) is 5.41 Å². The molecule has 3 aliphatic rings. The lowest BCUT2D eigenvalue weighted by Crippen LogP contribution is -2.61. The molecule has 0 N–H and O–H groups in total. The van der Waals surface area contributed by atoms with Gasteiger partial charge in [0.2, 0.25) is 0 Å². The van der Waals surface area contributed by atoms with Crippen molar-refractivity contribution in [2.24, 2.45) is 17.3 Å². The van der Waals surface area contributed by atoms with Gasteiger partial charge in [0.15, 0.2) is 11.6 Å². The van der Waals surface area contributed by atoms with E-state index in [1.807, 2.05) is 42.5 Å². The molecule has 1 heterocycles. The van der Waals surface area contributed by atoms with Gasteiger partial charge in [0.25, 0.3) is 0 Å². The molecule has 25 heavy (non-hydrogen) atoms. The number of hydrogen-bond acceptors (Lipinski definition) is 5. The lowest BCUT2D eigenvalue weighted by Gasteiger charge is -2.50. The van der Waals surface area contributed by atoms with Crippen molar-refractivity contribution >= 4 is 11.8 Å². The van der Waals surface area contributed by atoms with Crippen molar-refractivity contribution in [3.8, 4) is 0 Å². The van der Waals surface area contributed by atoms with Crippen LogP contribution in [0.5, 0.6) is 0 Å². The Hall–Kier alpha value is -2.24. The number of benzene rings is 1. The number of carbonyl (C=O) groups is 2. The molecule has 4 rings (SSSR count). The smallest absolute Gasteiger partial charge is 0.321 e. The summed E-state index contributed by atoms with van der Waals surface area (Å²) in [7, 11) is 2.86. The van der Waals surface area contributed by atoms with Crippen LogP contribution in [-0.2, 0) is 23.8 Å². The summed E-state index contributed by atoms with van der Waals surface area (Å²) in [6.45, 7) is 0.396. The highest BCUT2D eigenvalue weighted by Crippen LogP contribution is 2.60. The van der Waals surface area contributed by atoms with Crippen molar-refractivity contribution in [1.82, 2.24) is 0 Å². The van der Waals surface area contributed by atoms with Gasteiger partial charge >= 0.3 is 5.97 Å². The Balaban J connectivity index is 1.99. The van der Waals surface area contributed by atoms with Crippen molar-refractivity contribution in [1.29, 1.82) is 0 Å². The van der Waals surface area contributed by atoms with Crippen LogP contribution in [-0.4, -0.2) is 38.4 Å². The third-order valence-electron chi connectivity index (χ3n) is 5.77. The fraction of sp³-hybridized carbons (Fsp3) is 0.400. The van der Waals surface area contributed by atoms with Crippen LogP contribution >= 0.6 is 0 Å². The molecule has 130 valence electrons. The number of esters is 1. The average molecular weight is 340 g/mol. The Kier molecular flexibility index (Phi) is 3.67. The number of hydrogen-bond donors (Lipinski definition) is 0. The largest absolute Gasteiger partial charge is 0.468 e. The maximum atomic E-state index is 13.2. The van der Waals surface area contributed by atoms with E-state index in [0.717, 1.165) is 5.56 Å². The molecule has 0 bridgehead atoms. The summed E-state index contributed by atoms with van der Waals surface area (Å²) >= 11 is 0. The first kappa shape index (κ1) is 16.2. The van der Waals surface area contributed by atoms with E-state index in [2.05, 4.69) is 0 Å². The van der Waals surface area contributed by atoms with Crippen LogP contribution in [0.3, 0.4) is 0 Å². The van der Waals surface area contributed by atoms with Crippen molar-refractivity contribution in [2.75, 3.05) is 20.8 Å². The van der Waals surface area contributed by atoms with Gasteiger partial charge in [-0.15, -0.1) is 0 Å². The number of carbonyl (C=O) groups excluding carboxylic acids is 2. The molecule has 1 saturated heterocycles. The number of allylic oxidation sites excluding steroid dienone is 2. The van der Waals surface area contributed by atoms with E-state index in [-0.39, 0.29) is 11.7 Å². The SMILES string of the molecule is COC(=O)[C@@]12C(=O)C=C[C@@]3(OC)OC[C@@H](C=C[C@H]1c1ccccc1)[C@H]32. The summed E-state index contributed by atoms with van der Waals surface area (Å²) < 4.78 is 16.8. The van der Waals surface area contributed by atoms with Crippen LogP contribution in [0.15, 0.2) is 54.6 Å². The number of ketones is 1. The van der Waals surface area contributed by atoms with E-state index in [1.54, 1.807) is 13.2 Å². The quantitative estimate of drug-likeness (QED) is 0.480. The Bertz CT molecular complexity index is 768. The summed E-state index contributed by atoms with van der Waals surface area (Å²) in [6, 6.07) is 9.56. The van der Waals surface area contributed by atoms with Crippen LogP contribution in [0, 0.1) is 17.3 Å². The maximum absolute atomic E-state index is 13.2. The standard InChI is InChI=1S/C20H20O5/c1-23-18(22)20-15(13-6-4-3-5-7-13)9-8-14-12-25-19(24-2,17(14)20)11-10-16(20)21/h3-11,14-15,17H,12H2,1-2H3/t14-,15+,17-,19-,20-/m1/s1. The molecular weight excluding hydrogens is 320 g/mol. The van der Waals surface area contributed by atoms with E-state index in [4.69, 9.17) is 14.2 Å². The van der Waals surface area contributed by atoms with Gasteiger partial charge in [0, 0.05) is 24.9 Å². The minimum atomic E-state index is -1.39. The summed E-state index contributed by atoms with van der Waals surface area (Å²) in [5, 5.41) is 0. The summed E-state index contributed by atoms with van der Waals surface area (Å²) in [6.07, 6.45) is 7.03. The molecule has 1 fully saturated rings. The van der Waals surface area contributed by atoms with Gasteiger partial charge in [-0.3, -0.25) is 9.59 Å². The van der Waals surface area contributed by atoms with Crippen molar-refractivity contribution in [2.45, 2.75) is 11.7 Å². The van der Waals surface area contributed by atoms with Gasteiger partial charge in [-0.1, -0.05) is 42.5 Å². The summed E-state index contributed by atoms with van der Waals surface area (Å²) in [4.78, 5) is 26.3. The highest BCUT2D eigenvalue weighted by molar-refractivity contribution is 6.12. The molecule has 1 aromatic rings. The van der Waals surface area contributed by atoms with Crippen LogP contribution in [0.2, 0.25) is 0 Å². The van der Waals surface area contributed by atoms with Crippen LogP contribution in [0.1, 0.15) is 11.5 Å². The van der Waals surface area contributed by atoms with Crippen molar-refractivity contribution < 1.29 is 23.8 Å². The molecule has 0 amide bonds. The Morgan fingerprint density at radius 1 is 1.20 bits per heavy atom. The summed E-state index contributed by atoms with van der Waals surface area (Å²) in [5.41, 5.74) is -0.500. The second-order valence-corrected chi connectivity index (χ2v) is 6.71. The molecule has 5 heteroatoms. The Morgan fingerprint density at radius 2 is 1.96 bits per heavy atom. The zero-order valence-corrected chi connectivity index (χ0v) is 14.2. The minimum Gasteiger partial charge on any atom is -0.468 e. The van der Waals surface area contributed by atoms with Gasteiger partial charge in [-0.25, -0.2) is 0 Å². The second kappa shape index (κ2) is 5.64. The minimum absolute atomic E-state index is 0.0899. The van der Waals surface area contributed by atoms with Crippen molar-refractivity contribution in [3.63, 3.8) is 0 Å². The molecule has 0 spiro atoms. The zero-order chi connectivity index (χ0) is 17.7. The number of ether oxygens (including phenoxy) is 3. The number of methoxy groups -OCH3 is 2. The molecule has 0 unspecified atom stereocenters. The predicted molar refractivity (Wildman–Crippen MR) is 89.6 cm³/mol. The number of rotatable bonds is 3. The molecule has 0 radical (unpaired) electrons. The topological polar surface area (TPSA) is 61.8 Å². The Morgan fingerprint density at radius 3 is 2.64 bits per heavy atom. The van der Waals surface area contributed by atoms with Gasteiger partial charge in [-0.05, 0) is 17.7 Å². The molecule has 5 nitrogen and oxygen atoms in total. The highest BCUT2D eigenvalue weighted by atomic mass is 16.7. The lowest BCUT2D eigenvalue weighted by molar-refractivity contribution is -0.213. The maximum Gasteiger partial charge on any atom is 0.321 e. The monoisotopic (exact) mass is 340 g/mol. The van der Waals surface area contributed by atoms with Crippen LogP contribution in [0.25, 0.3) is 0 Å². The van der Waals surface area contributed by atoms with Crippen LogP contribution < -0.4 is 0 Å².